The van der Waals surface area contributed by atoms with E-state index in [1.165, 1.54) is 0 Å². The van der Waals surface area contributed by atoms with Crippen LogP contribution in [0.25, 0.3) is 0 Å². The van der Waals surface area contributed by atoms with Crippen molar-refractivity contribution in [3.05, 3.63) is 60.2 Å². The molecule has 0 radical (unpaired) electrons. The molecule has 144 valence electrons. The molecule has 0 saturated carbocycles. The maximum absolute atomic E-state index is 11.7. The summed E-state index contributed by atoms with van der Waals surface area (Å²) in [6.45, 7) is 3.75. The molecule has 1 N–H and O–H groups in total. The fourth-order valence-corrected chi connectivity index (χ4v) is 2.12. The maximum Gasteiger partial charge on any atom is 0.344 e. The molecule has 27 heavy (non-hydrogen) atoms. The van der Waals surface area contributed by atoms with Crippen molar-refractivity contribution in [2.45, 2.75) is 32.9 Å². The molecule has 1 amide bonds. The molecular formula is C21H25NO5. The van der Waals surface area contributed by atoms with Crippen molar-refractivity contribution in [3.63, 3.8) is 0 Å². The molecule has 0 aliphatic rings. The van der Waals surface area contributed by atoms with Crippen molar-refractivity contribution >= 4 is 11.9 Å². The summed E-state index contributed by atoms with van der Waals surface area (Å²) in [6, 6.07) is 16.9. The van der Waals surface area contributed by atoms with E-state index in [4.69, 9.17) is 14.2 Å². The molecule has 0 aliphatic carbocycles. The van der Waals surface area contributed by atoms with Crippen LogP contribution in [0.4, 0.5) is 0 Å². The minimum absolute atomic E-state index is 0.0510. The average molecular weight is 371 g/mol. The number of rotatable bonds is 10. The second-order valence-electron chi connectivity index (χ2n) is 6.07. The van der Waals surface area contributed by atoms with Crippen molar-refractivity contribution in [3.8, 4) is 11.5 Å². The Morgan fingerprint density at radius 2 is 1.56 bits per heavy atom. The van der Waals surface area contributed by atoms with Gasteiger partial charge in [0.25, 0.3) is 5.91 Å². The standard InChI is InChI=1S/C21H25NO5/c1-3-16(2)22-20(23)14-27-21(24)15-26-19-11-9-18(10-12-19)25-13-17-7-5-4-6-8-17/h4-12,16H,3,13-15H2,1-2H3,(H,22,23)/t16-/m1/s1. The number of carbonyl (C=O) groups is 2. The molecule has 2 rings (SSSR count). The lowest BCUT2D eigenvalue weighted by atomic mass is 10.2. The molecular weight excluding hydrogens is 346 g/mol. The highest BCUT2D eigenvalue weighted by molar-refractivity contribution is 5.81. The van der Waals surface area contributed by atoms with E-state index in [1.54, 1.807) is 24.3 Å². The largest absolute Gasteiger partial charge is 0.489 e. The minimum atomic E-state index is -0.598. The van der Waals surface area contributed by atoms with E-state index >= 15 is 0 Å². The fourth-order valence-electron chi connectivity index (χ4n) is 2.12. The summed E-state index contributed by atoms with van der Waals surface area (Å²) in [5.74, 6) is 0.301. The van der Waals surface area contributed by atoms with E-state index in [1.807, 2.05) is 44.2 Å². The molecule has 2 aromatic carbocycles. The van der Waals surface area contributed by atoms with Gasteiger partial charge in [0.1, 0.15) is 18.1 Å². The van der Waals surface area contributed by atoms with Gasteiger partial charge in [-0.05, 0) is 43.2 Å². The number of hydrogen-bond donors (Lipinski definition) is 1. The Morgan fingerprint density at radius 1 is 0.926 bits per heavy atom. The third-order valence-electron chi connectivity index (χ3n) is 3.81. The number of benzene rings is 2. The molecule has 2 aromatic rings. The van der Waals surface area contributed by atoms with Crippen molar-refractivity contribution in [2.24, 2.45) is 0 Å². The van der Waals surface area contributed by atoms with Crippen molar-refractivity contribution in [1.29, 1.82) is 0 Å². The highest BCUT2D eigenvalue weighted by Crippen LogP contribution is 2.18. The van der Waals surface area contributed by atoms with Crippen LogP contribution in [-0.4, -0.2) is 31.1 Å². The zero-order chi connectivity index (χ0) is 19.5. The molecule has 0 bridgehead atoms. The van der Waals surface area contributed by atoms with Gasteiger partial charge >= 0.3 is 5.97 Å². The lowest BCUT2D eigenvalue weighted by Gasteiger charge is -2.12. The lowest BCUT2D eigenvalue weighted by molar-refractivity contribution is -0.150. The van der Waals surface area contributed by atoms with Gasteiger partial charge in [-0.2, -0.15) is 0 Å². The summed E-state index contributed by atoms with van der Waals surface area (Å²) >= 11 is 0. The summed E-state index contributed by atoms with van der Waals surface area (Å²) in [5, 5.41) is 2.72. The Hall–Kier alpha value is -3.02. The Balaban J connectivity index is 1.68. The summed E-state index contributed by atoms with van der Waals surface area (Å²) in [7, 11) is 0. The van der Waals surface area contributed by atoms with Crippen LogP contribution < -0.4 is 14.8 Å². The van der Waals surface area contributed by atoms with Crippen LogP contribution in [0, 0.1) is 0 Å². The zero-order valence-electron chi connectivity index (χ0n) is 15.6. The van der Waals surface area contributed by atoms with E-state index in [-0.39, 0.29) is 25.2 Å². The van der Waals surface area contributed by atoms with E-state index in [0.717, 1.165) is 12.0 Å². The smallest absolute Gasteiger partial charge is 0.344 e. The first kappa shape index (κ1) is 20.3. The summed E-state index contributed by atoms with van der Waals surface area (Å²) in [6.07, 6.45) is 0.813. The highest BCUT2D eigenvalue weighted by Gasteiger charge is 2.10. The number of hydrogen-bond acceptors (Lipinski definition) is 5. The third-order valence-corrected chi connectivity index (χ3v) is 3.81. The van der Waals surface area contributed by atoms with E-state index in [2.05, 4.69) is 5.32 Å². The first-order valence-corrected chi connectivity index (χ1v) is 8.91. The van der Waals surface area contributed by atoms with Gasteiger partial charge in [-0.25, -0.2) is 4.79 Å². The van der Waals surface area contributed by atoms with Crippen LogP contribution in [0.3, 0.4) is 0 Å². The van der Waals surface area contributed by atoms with Crippen molar-refractivity contribution in [2.75, 3.05) is 13.2 Å². The second kappa shape index (κ2) is 10.9. The first-order chi connectivity index (χ1) is 13.1. The van der Waals surface area contributed by atoms with Gasteiger partial charge in [-0.15, -0.1) is 0 Å². The van der Waals surface area contributed by atoms with Crippen LogP contribution in [-0.2, 0) is 20.9 Å². The van der Waals surface area contributed by atoms with Gasteiger partial charge in [-0.1, -0.05) is 37.3 Å². The van der Waals surface area contributed by atoms with Gasteiger partial charge in [0.15, 0.2) is 13.2 Å². The first-order valence-electron chi connectivity index (χ1n) is 8.91. The van der Waals surface area contributed by atoms with Crippen LogP contribution in [0.5, 0.6) is 11.5 Å². The van der Waals surface area contributed by atoms with Gasteiger partial charge in [0.2, 0.25) is 0 Å². The average Bonchev–Trinajstić information content (AvgIpc) is 2.70. The topological polar surface area (TPSA) is 73.9 Å². The van der Waals surface area contributed by atoms with E-state index in [9.17, 15) is 9.59 Å². The molecule has 6 heteroatoms. The van der Waals surface area contributed by atoms with Crippen molar-refractivity contribution < 1.29 is 23.8 Å². The van der Waals surface area contributed by atoms with Crippen LogP contribution >= 0.6 is 0 Å². The van der Waals surface area contributed by atoms with Crippen LogP contribution in [0.2, 0.25) is 0 Å². The monoisotopic (exact) mass is 371 g/mol. The summed E-state index contributed by atoms with van der Waals surface area (Å²) in [5.41, 5.74) is 1.08. The number of esters is 1. The SMILES string of the molecule is CC[C@@H](C)NC(=O)COC(=O)COc1ccc(OCc2ccccc2)cc1. The van der Waals surface area contributed by atoms with Crippen molar-refractivity contribution in [1.82, 2.24) is 5.32 Å². The maximum atomic E-state index is 11.7. The fraction of sp³-hybridized carbons (Fsp3) is 0.333. The molecule has 6 nitrogen and oxygen atoms in total. The van der Waals surface area contributed by atoms with Gasteiger partial charge in [-0.3, -0.25) is 4.79 Å². The molecule has 0 heterocycles. The Kier molecular flexibility index (Phi) is 8.16. The Bertz CT molecular complexity index is 715. The molecule has 0 fully saturated rings. The van der Waals surface area contributed by atoms with Crippen LogP contribution in [0.15, 0.2) is 54.6 Å². The van der Waals surface area contributed by atoms with Crippen LogP contribution in [0.1, 0.15) is 25.8 Å². The Labute approximate surface area is 159 Å². The highest BCUT2D eigenvalue weighted by atomic mass is 16.6. The zero-order valence-corrected chi connectivity index (χ0v) is 15.6. The summed E-state index contributed by atoms with van der Waals surface area (Å²) in [4.78, 5) is 23.2. The van der Waals surface area contributed by atoms with E-state index in [0.29, 0.717) is 18.1 Å². The molecule has 0 aliphatic heterocycles. The lowest BCUT2D eigenvalue weighted by Crippen LogP contribution is -2.35. The van der Waals surface area contributed by atoms with E-state index < -0.39 is 5.97 Å². The normalized spacial score (nSPS) is 11.3. The molecule has 0 saturated heterocycles. The third kappa shape index (κ3) is 7.81. The number of nitrogens with one attached hydrogen (secondary N) is 1. The number of ether oxygens (including phenoxy) is 3. The van der Waals surface area contributed by atoms with Gasteiger partial charge in [0, 0.05) is 6.04 Å². The Morgan fingerprint density at radius 3 is 2.19 bits per heavy atom. The summed E-state index contributed by atoms with van der Waals surface area (Å²) < 4.78 is 15.9. The molecule has 1 atom stereocenters. The number of amides is 1. The predicted molar refractivity (Wildman–Crippen MR) is 102 cm³/mol. The predicted octanol–water partition coefficient (Wildman–Crippen LogP) is 3.10. The molecule has 0 spiro atoms. The quantitative estimate of drug-likeness (QED) is 0.650. The molecule has 0 unspecified atom stereocenters. The molecule has 0 aromatic heterocycles. The van der Waals surface area contributed by atoms with Gasteiger partial charge in [0.05, 0.1) is 0 Å². The van der Waals surface area contributed by atoms with Gasteiger partial charge < -0.3 is 19.5 Å². The second-order valence-corrected chi connectivity index (χ2v) is 6.07. The minimum Gasteiger partial charge on any atom is -0.489 e. The number of carbonyl (C=O) groups excluding carboxylic acids is 2.